The number of hydrogen-bond donors (Lipinski definition) is 2. The predicted molar refractivity (Wildman–Crippen MR) is 99.2 cm³/mol. The lowest BCUT2D eigenvalue weighted by Crippen LogP contribution is -2.18. The number of carbonyl (C=O) groups is 1. The summed E-state index contributed by atoms with van der Waals surface area (Å²) in [5.41, 5.74) is 1.41. The highest BCUT2D eigenvalue weighted by molar-refractivity contribution is 9.10. The standard InChI is InChI=1S/C15H15BrClN3O3S/c1-20(2)14-6-3-9(17)7-13(14)19-15(21)11-8-10(24(18,22)23)4-5-12(11)16/h3-8H,1-2H3,(H,19,21)(H2,18,22,23). The van der Waals surface area contributed by atoms with Crippen molar-refractivity contribution in [3.05, 3.63) is 51.5 Å². The highest BCUT2D eigenvalue weighted by atomic mass is 79.9. The highest BCUT2D eigenvalue weighted by Gasteiger charge is 2.17. The number of rotatable bonds is 4. The van der Waals surface area contributed by atoms with Gasteiger partial charge in [0.15, 0.2) is 0 Å². The fourth-order valence-electron chi connectivity index (χ4n) is 2.04. The van der Waals surface area contributed by atoms with Gasteiger partial charge in [-0.15, -0.1) is 0 Å². The Morgan fingerprint density at radius 1 is 1.21 bits per heavy atom. The molecule has 2 aromatic rings. The first-order valence-corrected chi connectivity index (χ1v) is 9.42. The molecule has 0 unspecified atom stereocenters. The molecule has 0 atom stereocenters. The van der Waals surface area contributed by atoms with Gasteiger partial charge in [-0.1, -0.05) is 11.6 Å². The Labute approximate surface area is 153 Å². The Kier molecular flexibility index (Phi) is 5.54. The summed E-state index contributed by atoms with van der Waals surface area (Å²) in [6.45, 7) is 0. The lowest BCUT2D eigenvalue weighted by molar-refractivity contribution is 0.102. The second kappa shape index (κ2) is 7.10. The average molecular weight is 433 g/mol. The minimum Gasteiger partial charge on any atom is -0.376 e. The van der Waals surface area contributed by atoms with Crippen molar-refractivity contribution in [2.45, 2.75) is 4.90 Å². The van der Waals surface area contributed by atoms with Crippen LogP contribution in [0.2, 0.25) is 5.02 Å². The number of sulfonamides is 1. The summed E-state index contributed by atoms with van der Waals surface area (Å²) in [7, 11) is -0.247. The van der Waals surface area contributed by atoms with Crippen molar-refractivity contribution in [2.24, 2.45) is 5.14 Å². The molecule has 0 radical (unpaired) electrons. The molecule has 3 N–H and O–H groups in total. The molecule has 0 spiro atoms. The largest absolute Gasteiger partial charge is 0.376 e. The topological polar surface area (TPSA) is 92.5 Å². The van der Waals surface area contributed by atoms with Crippen molar-refractivity contribution in [1.29, 1.82) is 0 Å². The normalized spacial score (nSPS) is 11.2. The lowest BCUT2D eigenvalue weighted by atomic mass is 10.2. The van der Waals surface area contributed by atoms with Crippen LogP contribution in [0.25, 0.3) is 0 Å². The number of hydrogen-bond acceptors (Lipinski definition) is 4. The van der Waals surface area contributed by atoms with Gasteiger partial charge < -0.3 is 10.2 Å². The van der Waals surface area contributed by atoms with Crippen LogP contribution in [0.3, 0.4) is 0 Å². The zero-order valence-corrected chi connectivity index (χ0v) is 16.0. The van der Waals surface area contributed by atoms with Gasteiger partial charge >= 0.3 is 0 Å². The monoisotopic (exact) mass is 431 g/mol. The third-order valence-electron chi connectivity index (χ3n) is 3.20. The number of nitrogens with zero attached hydrogens (tertiary/aromatic N) is 1. The number of nitrogens with two attached hydrogens (primary N) is 1. The molecule has 0 aromatic heterocycles. The average Bonchev–Trinajstić information content (AvgIpc) is 2.46. The molecule has 24 heavy (non-hydrogen) atoms. The van der Waals surface area contributed by atoms with Gasteiger partial charge in [0.05, 0.1) is 21.8 Å². The molecular weight excluding hydrogens is 418 g/mol. The fraction of sp³-hybridized carbons (Fsp3) is 0.133. The van der Waals surface area contributed by atoms with Crippen LogP contribution in [0.1, 0.15) is 10.4 Å². The summed E-state index contributed by atoms with van der Waals surface area (Å²) in [6.07, 6.45) is 0. The molecule has 2 aromatic carbocycles. The molecule has 0 heterocycles. The molecule has 2 rings (SSSR count). The van der Waals surface area contributed by atoms with E-state index in [2.05, 4.69) is 21.2 Å². The van der Waals surface area contributed by atoms with Gasteiger partial charge in [-0.3, -0.25) is 4.79 Å². The van der Waals surface area contributed by atoms with E-state index in [0.29, 0.717) is 15.2 Å². The van der Waals surface area contributed by atoms with Crippen LogP contribution in [0, 0.1) is 0 Å². The van der Waals surface area contributed by atoms with Crippen LogP contribution >= 0.6 is 27.5 Å². The van der Waals surface area contributed by atoms with E-state index in [4.69, 9.17) is 16.7 Å². The smallest absolute Gasteiger partial charge is 0.256 e. The van der Waals surface area contributed by atoms with Crippen molar-refractivity contribution >= 4 is 54.8 Å². The first-order valence-electron chi connectivity index (χ1n) is 6.70. The van der Waals surface area contributed by atoms with Crippen LogP contribution < -0.4 is 15.4 Å². The van der Waals surface area contributed by atoms with E-state index in [9.17, 15) is 13.2 Å². The van der Waals surface area contributed by atoms with Crippen LogP contribution in [0.15, 0.2) is 45.8 Å². The summed E-state index contributed by atoms with van der Waals surface area (Å²) in [4.78, 5) is 14.2. The van der Waals surface area contributed by atoms with E-state index in [1.165, 1.54) is 18.2 Å². The number of primary sulfonamides is 1. The fourth-order valence-corrected chi connectivity index (χ4v) is 3.18. The van der Waals surface area contributed by atoms with Gasteiger partial charge in [-0.05, 0) is 52.3 Å². The minimum absolute atomic E-state index is 0.144. The molecule has 128 valence electrons. The molecule has 0 saturated heterocycles. The number of anilines is 2. The Hall–Kier alpha value is -1.61. The number of amides is 1. The highest BCUT2D eigenvalue weighted by Crippen LogP contribution is 2.29. The molecule has 9 heteroatoms. The zero-order chi connectivity index (χ0) is 18.1. The van der Waals surface area contributed by atoms with Gasteiger partial charge in [0, 0.05) is 23.6 Å². The van der Waals surface area contributed by atoms with Crippen LogP contribution in [-0.4, -0.2) is 28.4 Å². The maximum Gasteiger partial charge on any atom is 0.256 e. The quantitative estimate of drug-likeness (QED) is 0.776. The molecule has 0 aliphatic rings. The number of carbonyl (C=O) groups excluding carboxylic acids is 1. The van der Waals surface area contributed by atoms with Crippen LogP contribution in [-0.2, 0) is 10.0 Å². The van der Waals surface area contributed by atoms with Crippen molar-refractivity contribution in [1.82, 2.24) is 0 Å². The Morgan fingerprint density at radius 3 is 2.46 bits per heavy atom. The maximum absolute atomic E-state index is 12.6. The summed E-state index contributed by atoms with van der Waals surface area (Å²) in [6, 6.07) is 9.10. The minimum atomic E-state index is -3.91. The second-order valence-electron chi connectivity index (χ2n) is 5.20. The number of benzene rings is 2. The Morgan fingerprint density at radius 2 is 1.88 bits per heavy atom. The third-order valence-corrected chi connectivity index (χ3v) is 5.04. The summed E-state index contributed by atoms with van der Waals surface area (Å²) < 4.78 is 23.4. The van der Waals surface area contributed by atoms with Crippen molar-refractivity contribution in [3.63, 3.8) is 0 Å². The predicted octanol–water partition coefficient (Wildman–Crippen LogP) is 3.07. The molecule has 0 saturated carbocycles. The lowest BCUT2D eigenvalue weighted by Gasteiger charge is -2.18. The van der Waals surface area contributed by atoms with E-state index in [-0.39, 0.29) is 10.5 Å². The van der Waals surface area contributed by atoms with E-state index in [0.717, 1.165) is 5.69 Å². The van der Waals surface area contributed by atoms with Crippen molar-refractivity contribution in [3.8, 4) is 0 Å². The van der Waals surface area contributed by atoms with Gasteiger partial charge in [0.1, 0.15) is 0 Å². The van der Waals surface area contributed by atoms with E-state index in [1.54, 1.807) is 18.2 Å². The molecule has 0 aliphatic carbocycles. The molecule has 1 amide bonds. The second-order valence-corrected chi connectivity index (χ2v) is 8.05. The first-order chi connectivity index (χ1) is 11.1. The van der Waals surface area contributed by atoms with Crippen molar-refractivity contribution < 1.29 is 13.2 Å². The van der Waals surface area contributed by atoms with Gasteiger partial charge in [0.2, 0.25) is 10.0 Å². The van der Waals surface area contributed by atoms with Crippen molar-refractivity contribution in [2.75, 3.05) is 24.3 Å². The molecule has 0 aliphatic heterocycles. The number of nitrogens with one attached hydrogen (secondary N) is 1. The number of halogens is 2. The molecule has 0 fully saturated rings. The van der Waals surface area contributed by atoms with Gasteiger partial charge in [-0.25, -0.2) is 13.6 Å². The molecular formula is C15H15BrClN3O3S. The van der Waals surface area contributed by atoms with E-state index >= 15 is 0 Å². The maximum atomic E-state index is 12.6. The van der Waals surface area contributed by atoms with Crippen LogP contribution in [0.4, 0.5) is 11.4 Å². The summed E-state index contributed by atoms with van der Waals surface area (Å²) >= 11 is 9.23. The third kappa shape index (κ3) is 4.27. The molecule has 6 nitrogen and oxygen atoms in total. The zero-order valence-electron chi connectivity index (χ0n) is 12.9. The van der Waals surface area contributed by atoms with E-state index in [1.807, 2.05) is 19.0 Å². The van der Waals surface area contributed by atoms with Crippen LogP contribution in [0.5, 0.6) is 0 Å². The Bertz CT molecular complexity index is 901. The summed E-state index contributed by atoms with van der Waals surface area (Å²) in [5.74, 6) is -0.488. The molecule has 0 bridgehead atoms. The Balaban J connectivity index is 2.43. The summed E-state index contributed by atoms with van der Waals surface area (Å²) in [5, 5.41) is 8.32. The van der Waals surface area contributed by atoms with Gasteiger partial charge in [0.25, 0.3) is 5.91 Å². The van der Waals surface area contributed by atoms with E-state index < -0.39 is 15.9 Å². The first kappa shape index (κ1) is 18.7. The SMILES string of the molecule is CN(C)c1ccc(Cl)cc1NC(=O)c1cc(S(N)(=O)=O)ccc1Br. The van der Waals surface area contributed by atoms with Gasteiger partial charge in [-0.2, -0.15) is 0 Å².